The minimum atomic E-state index is -0.665. The normalized spacial score (nSPS) is 10.6. The van der Waals surface area contributed by atoms with Crippen molar-refractivity contribution in [1.29, 1.82) is 0 Å². The van der Waals surface area contributed by atoms with Crippen LogP contribution in [0, 0.1) is 0 Å². The van der Waals surface area contributed by atoms with Crippen LogP contribution in [0.2, 0.25) is 0 Å². The summed E-state index contributed by atoms with van der Waals surface area (Å²) < 4.78 is 0. The van der Waals surface area contributed by atoms with Crippen LogP contribution in [-0.2, 0) is 10.9 Å². The summed E-state index contributed by atoms with van der Waals surface area (Å²) in [5.74, 6) is 0.478. The smallest absolute Gasteiger partial charge is 0.211 e. The second-order valence-corrected chi connectivity index (χ2v) is 8.50. The lowest BCUT2D eigenvalue weighted by atomic mass is 10.1. The van der Waals surface area contributed by atoms with Crippen LogP contribution >= 0.6 is 0 Å². The zero-order chi connectivity index (χ0) is 19.8. The van der Waals surface area contributed by atoms with E-state index in [1.807, 2.05) is 54.6 Å². The number of carbonyl (C=O) groups excluding carboxylic acids is 3. The van der Waals surface area contributed by atoms with E-state index in [1.165, 1.54) is 0 Å². The molecule has 0 aromatic heterocycles. The van der Waals surface area contributed by atoms with Gasteiger partial charge in [-0.25, -0.2) is 0 Å². The number of hydrogen-bond donors (Lipinski definition) is 0. The number of carbonyl (C=O) groups is 3. The summed E-state index contributed by atoms with van der Waals surface area (Å²) in [4.78, 5) is 38.0. The van der Waals surface area contributed by atoms with Crippen molar-refractivity contribution in [2.45, 2.75) is 0 Å². The molecule has 0 aliphatic heterocycles. The van der Waals surface area contributed by atoms with Crippen molar-refractivity contribution in [1.82, 2.24) is 0 Å². The minimum Gasteiger partial charge on any atom is -0.289 e. The lowest BCUT2D eigenvalue weighted by Crippen LogP contribution is -2.30. The molecule has 0 unspecified atom stereocenters. The first-order valence-electron chi connectivity index (χ1n) is 9.02. The van der Waals surface area contributed by atoms with E-state index in [0.29, 0.717) is 16.7 Å². The van der Waals surface area contributed by atoms with E-state index in [2.05, 4.69) is 0 Å². The van der Waals surface area contributed by atoms with Crippen LogP contribution in [-0.4, -0.2) is 34.6 Å². The van der Waals surface area contributed by atoms with Gasteiger partial charge in [0.15, 0.2) is 17.3 Å². The Balaban J connectivity index is 1.76. The van der Waals surface area contributed by atoms with Crippen molar-refractivity contribution in [3.05, 3.63) is 108 Å². The molecule has 0 atom stereocenters. The fourth-order valence-electron chi connectivity index (χ4n) is 2.83. The number of rotatable bonds is 9. The van der Waals surface area contributed by atoms with Gasteiger partial charge in [0.05, 0.1) is 0 Å². The van der Waals surface area contributed by atoms with Gasteiger partial charge < -0.3 is 0 Å². The molecule has 140 valence electrons. The van der Waals surface area contributed by atoms with E-state index in [0.717, 1.165) is 0 Å². The first kappa shape index (κ1) is 19.8. The highest BCUT2D eigenvalue weighted by molar-refractivity contribution is 7.98. The van der Waals surface area contributed by atoms with Crippen molar-refractivity contribution in [2.24, 2.45) is 0 Å². The third-order valence-corrected chi connectivity index (χ3v) is 6.30. The van der Waals surface area contributed by atoms with E-state index >= 15 is 0 Å². The first-order valence-corrected chi connectivity index (χ1v) is 10.8. The molecule has 0 spiro atoms. The predicted octanol–water partition coefficient (Wildman–Crippen LogP) is 4.25. The molecule has 0 saturated heterocycles. The number of hydrogen-bond acceptors (Lipinski definition) is 3. The zero-order valence-electron chi connectivity index (χ0n) is 15.4. The Hall–Kier alpha value is -2.98. The molecule has 28 heavy (non-hydrogen) atoms. The molecule has 3 aromatic carbocycles. The lowest BCUT2D eigenvalue weighted by Gasteiger charge is -2.08. The largest absolute Gasteiger partial charge is 0.289 e. The topological polar surface area (TPSA) is 51.2 Å². The molecular weight excluding hydrogens is 368 g/mol. The van der Waals surface area contributed by atoms with Crippen molar-refractivity contribution >= 4 is 28.2 Å². The fraction of sp³-hybridized carbons (Fsp3) is 0.125. The molecule has 0 aliphatic carbocycles. The highest BCUT2D eigenvalue weighted by Crippen LogP contribution is 2.12. The highest BCUT2D eigenvalue weighted by atomic mass is 32.2. The van der Waals surface area contributed by atoms with Gasteiger partial charge in [-0.15, -0.1) is 0 Å². The Bertz CT molecular complexity index is 810. The highest BCUT2D eigenvalue weighted by Gasteiger charge is 2.30. The van der Waals surface area contributed by atoms with Crippen LogP contribution in [0.25, 0.3) is 0 Å². The Morgan fingerprint density at radius 3 is 0.964 bits per heavy atom. The third kappa shape index (κ3) is 5.51. The maximum absolute atomic E-state index is 12.7. The van der Waals surface area contributed by atoms with Crippen molar-refractivity contribution < 1.29 is 14.4 Å². The predicted molar refractivity (Wildman–Crippen MR) is 114 cm³/mol. The SMILES string of the molecule is O=C(C[S+](CC(=O)c1ccccc1)CC(=O)c1ccccc1)c1ccccc1. The van der Waals surface area contributed by atoms with Crippen LogP contribution in [0.15, 0.2) is 91.0 Å². The van der Waals surface area contributed by atoms with Gasteiger partial charge >= 0.3 is 0 Å². The molecule has 0 radical (unpaired) electrons. The Labute approximate surface area is 167 Å². The molecule has 0 N–H and O–H groups in total. The van der Waals surface area contributed by atoms with Crippen molar-refractivity contribution in [2.75, 3.05) is 17.3 Å². The molecule has 3 aromatic rings. The molecule has 0 fully saturated rings. The summed E-state index contributed by atoms with van der Waals surface area (Å²) in [6.45, 7) is 0. The number of Topliss-reactive ketones (excluding diaryl/α,β-unsaturated/α-hetero) is 3. The molecule has 0 amide bonds. The molecular formula is C24H21O3S+. The van der Waals surface area contributed by atoms with Gasteiger partial charge in [-0.1, -0.05) is 91.0 Å². The molecule has 4 heteroatoms. The maximum atomic E-state index is 12.7. The summed E-state index contributed by atoms with van der Waals surface area (Å²) in [6, 6.07) is 27.1. The molecule has 3 rings (SSSR count). The van der Waals surface area contributed by atoms with Crippen LogP contribution in [0.3, 0.4) is 0 Å². The first-order chi connectivity index (χ1) is 13.6. The molecule has 0 saturated carbocycles. The maximum Gasteiger partial charge on any atom is 0.211 e. The lowest BCUT2D eigenvalue weighted by molar-refractivity contribution is 0.102. The van der Waals surface area contributed by atoms with E-state index < -0.39 is 10.9 Å². The number of ketones is 3. The van der Waals surface area contributed by atoms with E-state index in [1.54, 1.807) is 36.4 Å². The molecule has 0 aliphatic rings. The Morgan fingerprint density at radius 1 is 0.464 bits per heavy atom. The van der Waals surface area contributed by atoms with Gasteiger partial charge in [0.1, 0.15) is 0 Å². The number of benzene rings is 3. The van der Waals surface area contributed by atoms with Crippen molar-refractivity contribution in [3.63, 3.8) is 0 Å². The van der Waals surface area contributed by atoms with Gasteiger partial charge in [0.2, 0.25) is 17.3 Å². The minimum absolute atomic E-state index is 0.0364. The van der Waals surface area contributed by atoms with Crippen LogP contribution < -0.4 is 0 Å². The van der Waals surface area contributed by atoms with Gasteiger partial charge in [-0.05, 0) is 0 Å². The van der Waals surface area contributed by atoms with E-state index in [9.17, 15) is 14.4 Å². The second-order valence-electron chi connectivity index (χ2n) is 6.41. The van der Waals surface area contributed by atoms with E-state index in [4.69, 9.17) is 0 Å². The summed E-state index contributed by atoms with van der Waals surface area (Å²) in [7, 11) is -0.665. The van der Waals surface area contributed by atoms with E-state index in [-0.39, 0.29) is 34.6 Å². The average molecular weight is 389 g/mol. The Morgan fingerprint density at radius 2 is 0.714 bits per heavy atom. The monoisotopic (exact) mass is 389 g/mol. The fourth-order valence-corrected chi connectivity index (χ4v) is 4.75. The second kappa shape index (κ2) is 9.81. The summed E-state index contributed by atoms with van der Waals surface area (Å²) in [6.07, 6.45) is 0. The van der Waals surface area contributed by atoms with Gasteiger partial charge in [-0.3, -0.25) is 14.4 Å². The Kier molecular flexibility index (Phi) is 6.93. The molecule has 0 bridgehead atoms. The van der Waals surface area contributed by atoms with Crippen LogP contribution in [0.1, 0.15) is 31.1 Å². The molecule has 0 heterocycles. The van der Waals surface area contributed by atoms with Gasteiger partial charge in [0.25, 0.3) is 0 Å². The molecule has 3 nitrogen and oxygen atoms in total. The standard InChI is InChI=1S/C24H21O3S/c25-22(19-10-4-1-5-11-19)16-28(17-23(26)20-12-6-2-7-13-20)18-24(27)21-14-8-3-9-15-21/h1-15H,16-18H2/q+1. The summed E-state index contributed by atoms with van der Waals surface area (Å²) in [5, 5.41) is 0. The average Bonchev–Trinajstić information content (AvgIpc) is 2.75. The van der Waals surface area contributed by atoms with Crippen molar-refractivity contribution in [3.8, 4) is 0 Å². The quantitative estimate of drug-likeness (QED) is 0.406. The van der Waals surface area contributed by atoms with Crippen LogP contribution in [0.5, 0.6) is 0 Å². The summed E-state index contributed by atoms with van der Waals surface area (Å²) >= 11 is 0. The van der Waals surface area contributed by atoms with Crippen LogP contribution in [0.4, 0.5) is 0 Å². The summed E-state index contributed by atoms with van der Waals surface area (Å²) in [5.41, 5.74) is 1.83. The zero-order valence-corrected chi connectivity index (χ0v) is 16.2. The van der Waals surface area contributed by atoms with Gasteiger partial charge in [-0.2, -0.15) is 0 Å². The third-order valence-electron chi connectivity index (χ3n) is 4.29. The van der Waals surface area contributed by atoms with Gasteiger partial charge in [0, 0.05) is 27.6 Å².